The summed E-state index contributed by atoms with van der Waals surface area (Å²) in [7, 11) is 0. The van der Waals surface area contributed by atoms with Crippen LogP contribution < -0.4 is 9.47 Å². The number of furan rings is 1. The van der Waals surface area contributed by atoms with Crippen molar-refractivity contribution in [3.8, 4) is 17.6 Å². The number of halogens is 1. The summed E-state index contributed by atoms with van der Waals surface area (Å²) < 4.78 is 17.0. The molecule has 0 unspecified atom stereocenters. The van der Waals surface area contributed by atoms with E-state index in [1.807, 2.05) is 26.0 Å². The third kappa shape index (κ3) is 2.41. The first-order chi connectivity index (χ1) is 10.1. The van der Waals surface area contributed by atoms with E-state index in [0.29, 0.717) is 28.7 Å². The Balaban J connectivity index is 1.98. The zero-order valence-corrected chi connectivity index (χ0v) is 13.0. The van der Waals surface area contributed by atoms with E-state index in [4.69, 9.17) is 19.2 Å². The molecule has 0 amide bonds. The van der Waals surface area contributed by atoms with Crippen LogP contribution in [0.5, 0.6) is 11.5 Å². The highest BCUT2D eigenvalue weighted by Crippen LogP contribution is 2.36. The third-order valence-corrected chi connectivity index (χ3v) is 3.98. The zero-order valence-electron chi connectivity index (χ0n) is 11.4. The largest absolute Gasteiger partial charge is 0.454 e. The zero-order chi connectivity index (χ0) is 15.0. The lowest BCUT2D eigenvalue weighted by molar-refractivity contribution is 0.174. The minimum atomic E-state index is 0.220. The molecule has 2 aromatic rings. The first-order valence-electron chi connectivity index (χ1n) is 6.23. The van der Waals surface area contributed by atoms with Crippen LogP contribution in [-0.2, 0) is 0 Å². The average molecular weight is 347 g/mol. The number of nitrogens with zero attached hydrogens (tertiary/aromatic N) is 2. The maximum absolute atomic E-state index is 9.16. The van der Waals surface area contributed by atoms with Gasteiger partial charge in [0.15, 0.2) is 11.5 Å². The van der Waals surface area contributed by atoms with E-state index >= 15 is 0 Å². The Morgan fingerprint density at radius 2 is 2.00 bits per heavy atom. The van der Waals surface area contributed by atoms with Gasteiger partial charge in [-0.25, -0.2) is 4.99 Å². The maximum Gasteiger partial charge on any atom is 0.237 e. The fraction of sp³-hybridized carbons (Fsp3) is 0.200. The molecule has 0 atom stereocenters. The Bertz CT molecular complexity index is 787. The first-order valence-corrected chi connectivity index (χ1v) is 7.02. The molecule has 0 aliphatic carbocycles. The third-order valence-electron chi connectivity index (χ3n) is 3.29. The van der Waals surface area contributed by atoms with Crippen LogP contribution in [0, 0.1) is 25.2 Å². The molecule has 106 valence electrons. The van der Waals surface area contributed by atoms with Gasteiger partial charge in [0.1, 0.15) is 17.4 Å². The van der Waals surface area contributed by atoms with Crippen molar-refractivity contribution in [2.45, 2.75) is 13.8 Å². The number of hydrogen-bond acceptors (Lipinski definition) is 5. The second-order valence-electron chi connectivity index (χ2n) is 4.56. The van der Waals surface area contributed by atoms with E-state index in [9.17, 15) is 0 Å². The fourth-order valence-corrected chi connectivity index (χ4v) is 2.42. The van der Waals surface area contributed by atoms with Gasteiger partial charge in [-0.15, -0.1) is 0 Å². The van der Waals surface area contributed by atoms with Gasteiger partial charge in [0.05, 0.1) is 0 Å². The van der Waals surface area contributed by atoms with Gasteiger partial charge in [0.25, 0.3) is 0 Å². The topological polar surface area (TPSA) is 67.8 Å². The van der Waals surface area contributed by atoms with Crippen LogP contribution in [0.1, 0.15) is 22.5 Å². The van der Waals surface area contributed by atoms with Crippen molar-refractivity contribution in [1.82, 2.24) is 0 Å². The van der Waals surface area contributed by atoms with Gasteiger partial charge >= 0.3 is 0 Å². The summed E-state index contributed by atoms with van der Waals surface area (Å²) in [6.07, 6.45) is 1.63. The van der Waals surface area contributed by atoms with Crippen molar-refractivity contribution in [3.05, 3.63) is 39.1 Å². The van der Waals surface area contributed by atoms with E-state index in [1.54, 1.807) is 6.21 Å². The Labute approximate surface area is 129 Å². The second kappa shape index (κ2) is 5.26. The van der Waals surface area contributed by atoms with Crippen molar-refractivity contribution >= 4 is 28.0 Å². The monoisotopic (exact) mass is 346 g/mol. The van der Waals surface area contributed by atoms with Crippen LogP contribution in [-0.4, -0.2) is 13.0 Å². The molecule has 2 heterocycles. The van der Waals surface area contributed by atoms with Gasteiger partial charge in [0, 0.05) is 21.8 Å². The Hall–Kier alpha value is -2.26. The van der Waals surface area contributed by atoms with Crippen molar-refractivity contribution in [1.29, 1.82) is 5.26 Å². The average Bonchev–Trinajstić information content (AvgIpc) is 3.01. The molecule has 0 N–H and O–H groups in total. The number of rotatable bonds is 2. The molecule has 1 aliphatic rings. The smallest absolute Gasteiger partial charge is 0.237 e. The van der Waals surface area contributed by atoms with Crippen LogP contribution in [0.15, 0.2) is 26.0 Å². The molecule has 1 aliphatic heterocycles. The minimum Gasteiger partial charge on any atom is -0.454 e. The number of aryl methyl sites for hydroxylation is 1. The summed E-state index contributed by atoms with van der Waals surface area (Å²) in [5.74, 6) is 2.38. The van der Waals surface area contributed by atoms with Gasteiger partial charge in [-0.05, 0) is 41.9 Å². The molecule has 0 bridgehead atoms. The number of nitriles is 1. The van der Waals surface area contributed by atoms with Crippen molar-refractivity contribution in [2.24, 2.45) is 4.99 Å². The van der Waals surface area contributed by atoms with Crippen molar-refractivity contribution in [2.75, 3.05) is 6.79 Å². The summed E-state index contributed by atoms with van der Waals surface area (Å²) in [6.45, 7) is 3.87. The lowest BCUT2D eigenvalue weighted by Crippen LogP contribution is -1.92. The molecule has 0 saturated heterocycles. The second-order valence-corrected chi connectivity index (χ2v) is 5.41. The number of aliphatic imine (C=N–C) groups is 1. The molecule has 0 radical (unpaired) electrons. The number of fused-ring (bicyclic) bond motifs is 1. The lowest BCUT2D eigenvalue weighted by Gasteiger charge is -2.01. The molecule has 0 spiro atoms. The van der Waals surface area contributed by atoms with Crippen LogP contribution in [0.3, 0.4) is 0 Å². The van der Waals surface area contributed by atoms with Crippen LogP contribution in [0.25, 0.3) is 0 Å². The highest BCUT2D eigenvalue weighted by Gasteiger charge is 2.16. The normalized spacial score (nSPS) is 12.9. The van der Waals surface area contributed by atoms with Gasteiger partial charge in [-0.1, -0.05) is 0 Å². The van der Waals surface area contributed by atoms with Crippen molar-refractivity contribution in [3.63, 3.8) is 0 Å². The van der Waals surface area contributed by atoms with Gasteiger partial charge < -0.3 is 13.9 Å². The molecular weight excluding hydrogens is 336 g/mol. The van der Waals surface area contributed by atoms with E-state index in [2.05, 4.69) is 27.0 Å². The van der Waals surface area contributed by atoms with Gasteiger partial charge in [-0.3, -0.25) is 0 Å². The highest BCUT2D eigenvalue weighted by molar-refractivity contribution is 9.10. The number of benzene rings is 1. The molecule has 1 aromatic carbocycles. The van der Waals surface area contributed by atoms with E-state index < -0.39 is 0 Å². The van der Waals surface area contributed by atoms with Gasteiger partial charge in [-0.2, -0.15) is 5.26 Å². The molecule has 21 heavy (non-hydrogen) atoms. The first kappa shape index (κ1) is 13.7. The predicted octanol–water partition coefficient (Wildman–Crippen LogP) is 4.01. The molecule has 1 aromatic heterocycles. The molecular formula is C15H11BrN2O3. The minimum absolute atomic E-state index is 0.220. The van der Waals surface area contributed by atoms with Crippen LogP contribution in [0.2, 0.25) is 0 Å². The summed E-state index contributed by atoms with van der Waals surface area (Å²) in [5, 5.41) is 9.16. The van der Waals surface area contributed by atoms with E-state index in [1.165, 1.54) is 0 Å². The SMILES string of the molecule is Cc1oc(/N=C/c2cc3c(cc2Br)OCO3)c(C#N)c1C. The molecule has 0 fully saturated rings. The molecule has 5 nitrogen and oxygen atoms in total. The summed E-state index contributed by atoms with van der Waals surface area (Å²) >= 11 is 3.46. The number of ether oxygens (including phenoxy) is 2. The quantitative estimate of drug-likeness (QED) is 0.770. The Kier molecular flexibility index (Phi) is 3.43. The van der Waals surface area contributed by atoms with E-state index in [-0.39, 0.29) is 6.79 Å². The van der Waals surface area contributed by atoms with Gasteiger partial charge in [0.2, 0.25) is 12.7 Å². The van der Waals surface area contributed by atoms with Crippen molar-refractivity contribution < 1.29 is 13.9 Å². The fourth-order valence-electron chi connectivity index (χ4n) is 1.99. The van der Waals surface area contributed by atoms with E-state index in [0.717, 1.165) is 15.6 Å². The van der Waals surface area contributed by atoms with Crippen LogP contribution in [0.4, 0.5) is 5.88 Å². The lowest BCUT2D eigenvalue weighted by atomic mass is 10.2. The summed E-state index contributed by atoms with van der Waals surface area (Å²) in [5.41, 5.74) is 2.09. The Morgan fingerprint density at radius 3 is 2.71 bits per heavy atom. The maximum atomic E-state index is 9.16. The molecule has 6 heteroatoms. The summed E-state index contributed by atoms with van der Waals surface area (Å²) in [4.78, 5) is 4.27. The number of hydrogen-bond donors (Lipinski definition) is 0. The standard InChI is InChI=1S/C15H11BrN2O3/c1-8-9(2)21-15(11(8)5-17)18-6-10-3-13-14(4-12(10)16)20-7-19-13/h3-4,6H,7H2,1-2H3/b18-6+. The Morgan fingerprint density at radius 1 is 1.29 bits per heavy atom. The predicted molar refractivity (Wildman–Crippen MR) is 80.4 cm³/mol. The molecule has 3 rings (SSSR count). The highest BCUT2D eigenvalue weighted by atomic mass is 79.9. The summed E-state index contributed by atoms with van der Waals surface area (Å²) in [6, 6.07) is 5.76. The van der Waals surface area contributed by atoms with Crippen LogP contribution >= 0.6 is 15.9 Å². The molecule has 0 saturated carbocycles.